The number of piperazine rings is 1. The smallest absolute Gasteiger partial charge is 0.0626 e. The highest BCUT2D eigenvalue weighted by Gasteiger charge is 2.21. The maximum Gasteiger partial charge on any atom is 0.0626 e. The predicted octanol–water partition coefficient (Wildman–Crippen LogP) is 0.637. The molecule has 0 spiro atoms. The van der Waals surface area contributed by atoms with Crippen molar-refractivity contribution in [1.82, 2.24) is 15.6 Å². The van der Waals surface area contributed by atoms with Crippen molar-refractivity contribution < 1.29 is 0 Å². The molecule has 1 fully saturated rings. The third kappa shape index (κ3) is 1.38. The molecule has 1 aliphatic rings. The molecule has 1 aliphatic heterocycles. The minimum Gasteiger partial charge on any atom is -0.364 e. The van der Waals surface area contributed by atoms with Crippen LogP contribution in [0.3, 0.4) is 0 Å². The van der Waals surface area contributed by atoms with Crippen molar-refractivity contribution in [3.63, 3.8) is 0 Å². The summed E-state index contributed by atoms with van der Waals surface area (Å²) >= 11 is 0. The van der Waals surface area contributed by atoms with Crippen LogP contribution in [0.25, 0.3) is 0 Å². The van der Waals surface area contributed by atoms with Gasteiger partial charge in [-0.25, -0.2) is 0 Å². The molecule has 2 heterocycles. The van der Waals surface area contributed by atoms with Crippen LogP contribution >= 0.6 is 0 Å². The number of aromatic nitrogens is 1. The number of rotatable bonds is 1. The van der Waals surface area contributed by atoms with Crippen LogP contribution in [0.15, 0.2) is 18.3 Å². The lowest BCUT2D eigenvalue weighted by Gasteiger charge is -2.30. The first-order chi connectivity index (χ1) is 5.88. The Hall–Kier alpha value is -0.800. The minimum atomic E-state index is 0.439. The van der Waals surface area contributed by atoms with E-state index < -0.39 is 0 Å². The number of hydrogen-bond donors (Lipinski definition) is 3. The molecule has 3 N–H and O–H groups in total. The fraction of sp³-hybridized carbons (Fsp3) is 0.556. The Labute approximate surface area is 72.6 Å². The molecular weight excluding hydrogens is 150 g/mol. The van der Waals surface area contributed by atoms with Crippen LogP contribution in [0.2, 0.25) is 0 Å². The standard InChI is InChI=1S/C9H15N3/c1-7-9(12-6-5-10-7)8-3-2-4-11-8/h2-4,7,9-12H,5-6H2,1H3. The van der Waals surface area contributed by atoms with E-state index in [2.05, 4.69) is 28.6 Å². The molecule has 3 nitrogen and oxygen atoms in total. The predicted molar refractivity (Wildman–Crippen MR) is 49.0 cm³/mol. The van der Waals surface area contributed by atoms with Gasteiger partial charge < -0.3 is 15.6 Å². The Morgan fingerprint density at radius 3 is 2.83 bits per heavy atom. The summed E-state index contributed by atoms with van der Waals surface area (Å²) in [6, 6.07) is 5.12. The van der Waals surface area contributed by atoms with Gasteiger partial charge in [0.25, 0.3) is 0 Å². The number of hydrogen-bond acceptors (Lipinski definition) is 2. The second-order valence-electron chi connectivity index (χ2n) is 3.30. The molecule has 1 aromatic rings. The zero-order valence-electron chi connectivity index (χ0n) is 7.30. The third-order valence-corrected chi connectivity index (χ3v) is 2.41. The van der Waals surface area contributed by atoms with E-state index in [1.807, 2.05) is 12.3 Å². The Morgan fingerprint density at radius 2 is 2.17 bits per heavy atom. The Morgan fingerprint density at radius 1 is 1.33 bits per heavy atom. The highest BCUT2D eigenvalue weighted by molar-refractivity contribution is 5.12. The molecule has 2 atom stereocenters. The van der Waals surface area contributed by atoms with E-state index in [0.29, 0.717) is 12.1 Å². The Balaban J connectivity index is 2.11. The van der Waals surface area contributed by atoms with E-state index >= 15 is 0 Å². The van der Waals surface area contributed by atoms with Gasteiger partial charge in [0.1, 0.15) is 0 Å². The van der Waals surface area contributed by atoms with Gasteiger partial charge in [-0.3, -0.25) is 0 Å². The molecule has 66 valence electrons. The first kappa shape index (κ1) is 7.83. The summed E-state index contributed by atoms with van der Waals surface area (Å²) in [5, 5.41) is 6.92. The molecule has 0 aliphatic carbocycles. The molecule has 0 radical (unpaired) electrons. The first-order valence-electron chi connectivity index (χ1n) is 4.48. The van der Waals surface area contributed by atoms with Crippen molar-refractivity contribution in [3.05, 3.63) is 24.0 Å². The average Bonchev–Trinajstić information content (AvgIpc) is 2.57. The molecule has 3 heteroatoms. The molecule has 0 aromatic carbocycles. The summed E-state index contributed by atoms with van der Waals surface area (Å²) < 4.78 is 0. The van der Waals surface area contributed by atoms with Crippen LogP contribution in [0.4, 0.5) is 0 Å². The van der Waals surface area contributed by atoms with Gasteiger partial charge in [0, 0.05) is 31.0 Å². The van der Waals surface area contributed by atoms with Crippen LogP contribution in [0.1, 0.15) is 18.7 Å². The lowest BCUT2D eigenvalue weighted by atomic mass is 10.0. The van der Waals surface area contributed by atoms with Gasteiger partial charge in [0.15, 0.2) is 0 Å². The van der Waals surface area contributed by atoms with Gasteiger partial charge in [-0.2, -0.15) is 0 Å². The van der Waals surface area contributed by atoms with Crippen molar-refractivity contribution in [1.29, 1.82) is 0 Å². The van der Waals surface area contributed by atoms with E-state index in [0.717, 1.165) is 13.1 Å². The molecule has 0 amide bonds. The fourth-order valence-corrected chi connectivity index (χ4v) is 1.74. The van der Waals surface area contributed by atoms with Crippen LogP contribution in [-0.2, 0) is 0 Å². The van der Waals surface area contributed by atoms with Gasteiger partial charge in [0.2, 0.25) is 0 Å². The highest BCUT2D eigenvalue weighted by Crippen LogP contribution is 2.15. The Bertz CT molecular complexity index is 230. The molecule has 2 unspecified atom stereocenters. The van der Waals surface area contributed by atoms with Crippen LogP contribution in [0.5, 0.6) is 0 Å². The summed E-state index contributed by atoms with van der Waals surface area (Å²) in [6.45, 7) is 4.32. The second-order valence-corrected chi connectivity index (χ2v) is 3.30. The van der Waals surface area contributed by atoms with Gasteiger partial charge in [-0.15, -0.1) is 0 Å². The number of H-pyrrole nitrogens is 1. The van der Waals surface area contributed by atoms with Gasteiger partial charge >= 0.3 is 0 Å². The van der Waals surface area contributed by atoms with Crippen LogP contribution in [0, 0.1) is 0 Å². The van der Waals surface area contributed by atoms with Crippen molar-refractivity contribution in [2.75, 3.05) is 13.1 Å². The quantitative estimate of drug-likeness (QED) is 0.571. The normalized spacial score (nSPS) is 30.4. The van der Waals surface area contributed by atoms with E-state index in [1.54, 1.807) is 0 Å². The third-order valence-electron chi connectivity index (χ3n) is 2.41. The van der Waals surface area contributed by atoms with Crippen molar-refractivity contribution >= 4 is 0 Å². The summed E-state index contributed by atoms with van der Waals surface area (Å²) in [7, 11) is 0. The molecule has 12 heavy (non-hydrogen) atoms. The van der Waals surface area contributed by atoms with Crippen molar-refractivity contribution in [2.45, 2.75) is 19.0 Å². The molecule has 1 aromatic heterocycles. The SMILES string of the molecule is CC1NCCNC1c1ccc[nH]1. The zero-order valence-corrected chi connectivity index (χ0v) is 7.30. The van der Waals surface area contributed by atoms with Crippen LogP contribution in [-0.4, -0.2) is 24.1 Å². The van der Waals surface area contributed by atoms with E-state index in [9.17, 15) is 0 Å². The Kier molecular flexibility index (Phi) is 2.15. The number of nitrogens with one attached hydrogen (secondary N) is 3. The van der Waals surface area contributed by atoms with Crippen LogP contribution < -0.4 is 10.6 Å². The fourth-order valence-electron chi connectivity index (χ4n) is 1.74. The van der Waals surface area contributed by atoms with E-state index in [-0.39, 0.29) is 0 Å². The maximum atomic E-state index is 3.48. The van der Waals surface area contributed by atoms with Crippen molar-refractivity contribution in [2.24, 2.45) is 0 Å². The topological polar surface area (TPSA) is 39.8 Å². The van der Waals surface area contributed by atoms with Gasteiger partial charge in [-0.1, -0.05) is 0 Å². The highest BCUT2D eigenvalue weighted by atomic mass is 15.1. The molecular formula is C9H15N3. The van der Waals surface area contributed by atoms with Crippen molar-refractivity contribution in [3.8, 4) is 0 Å². The molecule has 0 bridgehead atoms. The molecule has 1 saturated heterocycles. The minimum absolute atomic E-state index is 0.439. The lowest BCUT2D eigenvalue weighted by molar-refractivity contribution is 0.341. The van der Waals surface area contributed by atoms with Gasteiger partial charge in [0.05, 0.1) is 6.04 Å². The van der Waals surface area contributed by atoms with E-state index in [4.69, 9.17) is 0 Å². The zero-order chi connectivity index (χ0) is 8.39. The molecule has 0 saturated carbocycles. The second kappa shape index (κ2) is 3.29. The number of aromatic amines is 1. The van der Waals surface area contributed by atoms with Gasteiger partial charge in [-0.05, 0) is 19.1 Å². The lowest BCUT2D eigenvalue weighted by Crippen LogP contribution is -2.49. The summed E-state index contributed by atoms with van der Waals surface area (Å²) in [4.78, 5) is 3.23. The summed E-state index contributed by atoms with van der Waals surface area (Å²) in [5.74, 6) is 0. The summed E-state index contributed by atoms with van der Waals surface area (Å²) in [6.07, 6.45) is 1.97. The molecule has 2 rings (SSSR count). The summed E-state index contributed by atoms with van der Waals surface area (Å²) in [5.41, 5.74) is 1.27. The van der Waals surface area contributed by atoms with E-state index in [1.165, 1.54) is 5.69 Å². The largest absolute Gasteiger partial charge is 0.364 e. The average molecular weight is 165 g/mol. The monoisotopic (exact) mass is 165 g/mol. The maximum absolute atomic E-state index is 3.48. The first-order valence-corrected chi connectivity index (χ1v) is 4.48.